The molecule has 1 aliphatic heterocycles. The molecule has 1 saturated heterocycles. The molecule has 0 aromatic heterocycles. The molecule has 1 aliphatic rings. The first kappa shape index (κ1) is 18.1. The number of aromatic hydroxyl groups is 1. The highest BCUT2D eigenvalue weighted by molar-refractivity contribution is 8.27. The predicted molar refractivity (Wildman–Crippen MR) is 107 cm³/mol. The van der Waals surface area contributed by atoms with Crippen LogP contribution in [0.3, 0.4) is 0 Å². The van der Waals surface area contributed by atoms with Crippen LogP contribution in [-0.4, -0.2) is 22.4 Å². The summed E-state index contributed by atoms with van der Waals surface area (Å²) in [5.41, 5.74) is 1.23. The molecule has 1 fully saturated rings. The number of hydrogen-bond acceptors (Lipinski definition) is 5. The Morgan fingerprint density at radius 1 is 1.20 bits per heavy atom. The number of anilines is 1. The number of thiocarbonyl (C=S) groups is 1. The number of nitrogens with zero attached hydrogens (tertiary/aromatic N) is 1. The van der Waals surface area contributed by atoms with Crippen molar-refractivity contribution in [1.29, 1.82) is 0 Å². The van der Waals surface area contributed by atoms with Crippen LogP contribution in [0.4, 0.5) is 5.69 Å². The third-order valence-corrected chi connectivity index (χ3v) is 5.14. The number of phenols is 1. The van der Waals surface area contributed by atoms with E-state index in [1.54, 1.807) is 36.4 Å². The van der Waals surface area contributed by atoms with Gasteiger partial charge < -0.3 is 9.84 Å². The van der Waals surface area contributed by atoms with Crippen LogP contribution in [0.5, 0.6) is 11.5 Å². The zero-order valence-electron chi connectivity index (χ0n) is 12.8. The topological polar surface area (TPSA) is 49.8 Å². The molecule has 0 saturated carbocycles. The molecular weight excluding hydrogens is 401 g/mol. The van der Waals surface area contributed by atoms with Crippen LogP contribution in [0.15, 0.2) is 41.3 Å². The smallest absolute Gasteiger partial charge is 0.270 e. The van der Waals surface area contributed by atoms with E-state index < -0.39 is 0 Å². The molecule has 0 aliphatic carbocycles. The molecule has 0 atom stereocenters. The molecule has 0 bridgehead atoms. The molecule has 128 valence electrons. The summed E-state index contributed by atoms with van der Waals surface area (Å²) in [5, 5.41) is 10.5. The van der Waals surface area contributed by atoms with Crippen molar-refractivity contribution in [3.05, 3.63) is 56.9 Å². The average molecular weight is 412 g/mol. The molecule has 0 radical (unpaired) electrons. The Labute approximate surface area is 164 Å². The lowest BCUT2D eigenvalue weighted by atomic mass is 10.2. The number of amides is 1. The largest absolute Gasteiger partial charge is 0.504 e. The van der Waals surface area contributed by atoms with Gasteiger partial charge in [0.25, 0.3) is 5.91 Å². The highest BCUT2D eigenvalue weighted by atomic mass is 35.5. The van der Waals surface area contributed by atoms with Crippen molar-refractivity contribution in [2.75, 3.05) is 12.0 Å². The van der Waals surface area contributed by atoms with Crippen LogP contribution in [-0.2, 0) is 4.79 Å². The van der Waals surface area contributed by atoms with Crippen LogP contribution in [0, 0.1) is 0 Å². The molecule has 2 aromatic rings. The van der Waals surface area contributed by atoms with Crippen LogP contribution < -0.4 is 9.64 Å². The third kappa shape index (κ3) is 3.77. The number of hydrogen-bond donors (Lipinski definition) is 1. The van der Waals surface area contributed by atoms with Gasteiger partial charge >= 0.3 is 0 Å². The Hall–Kier alpha value is -1.73. The number of rotatable bonds is 3. The maximum absolute atomic E-state index is 12.7. The highest BCUT2D eigenvalue weighted by Gasteiger charge is 2.33. The zero-order valence-corrected chi connectivity index (χ0v) is 16.0. The van der Waals surface area contributed by atoms with E-state index in [1.807, 2.05) is 0 Å². The molecule has 25 heavy (non-hydrogen) atoms. The first-order chi connectivity index (χ1) is 11.9. The van der Waals surface area contributed by atoms with Crippen LogP contribution in [0.1, 0.15) is 5.56 Å². The average Bonchev–Trinajstić information content (AvgIpc) is 2.82. The summed E-state index contributed by atoms with van der Waals surface area (Å²) in [5.74, 6) is 0.0898. The Kier molecular flexibility index (Phi) is 5.24. The maximum Gasteiger partial charge on any atom is 0.270 e. The summed E-state index contributed by atoms with van der Waals surface area (Å²) in [6.45, 7) is 0. The van der Waals surface area contributed by atoms with Crippen LogP contribution in [0.25, 0.3) is 6.08 Å². The van der Waals surface area contributed by atoms with Gasteiger partial charge in [-0.05, 0) is 42.0 Å². The molecule has 8 heteroatoms. The number of halogens is 2. The minimum Gasteiger partial charge on any atom is -0.504 e. The summed E-state index contributed by atoms with van der Waals surface area (Å²) in [6.07, 6.45) is 1.69. The van der Waals surface area contributed by atoms with Gasteiger partial charge in [0.15, 0.2) is 15.8 Å². The van der Waals surface area contributed by atoms with Gasteiger partial charge in [-0.25, -0.2) is 0 Å². The quantitative estimate of drug-likeness (QED) is 0.561. The summed E-state index contributed by atoms with van der Waals surface area (Å²) in [6, 6.07) is 9.67. The van der Waals surface area contributed by atoms with E-state index >= 15 is 0 Å². The summed E-state index contributed by atoms with van der Waals surface area (Å²) >= 11 is 18.5. The summed E-state index contributed by atoms with van der Waals surface area (Å²) < 4.78 is 5.47. The Morgan fingerprint density at radius 2 is 1.88 bits per heavy atom. The molecule has 0 unspecified atom stereocenters. The minimum absolute atomic E-state index is 0.0285. The van der Waals surface area contributed by atoms with Gasteiger partial charge in [-0.2, -0.15) is 0 Å². The molecule has 1 N–H and O–H groups in total. The number of thioether (sulfide) groups is 1. The molecule has 1 heterocycles. The van der Waals surface area contributed by atoms with Gasteiger partial charge in [0.05, 0.1) is 17.7 Å². The van der Waals surface area contributed by atoms with Gasteiger partial charge in [-0.15, -0.1) is 0 Å². The van der Waals surface area contributed by atoms with Gasteiger partial charge in [-0.3, -0.25) is 9.69 Å². The fraction of sp³-hybridized carbons (Fsp3) is 0.0588. The van der Waals surface area contributed by atoms with Gasteiger partial charge in [0.2, 0.25) is 0 Å². The number of ether oxygens (including phenoxy) is 1. The van der Waals surface area contributed by atoms with Crippen molar-refractivity contribution < 1.29 is 14.6 Å². The van der Waals surface area contributed by atoms with E-state index in [-0.39, 0.29) is 11.7 Å². The van der Waals surface area contributed by atoms with E-state index in [0.29, 0.717) is 36.3 Å². The highest BCUT2D eigenvalue weighted by Crippen LogP contribution is 2.38. The first-order valence-corrected chi connectivity index (χ1v) is 8.98. The Morgan fingerprint density at radius 3 is 2.52 bits per heavy atom. The van der Waals surface area contributed by atoms with E-state index in [0.717, 1.165) is 0 Å². The van der Waals surface area contributed by atoms with Crippen LogP contribution >= 0.6 is 47.2 Å². The fourth-order valence-electron chi connectivity index (χ4n) is 2.29. The number of methoxy groups -OCH3 is 1. The Bertz CT molecular complexity index is 895. The minimum atomic E-state index is -0.264. The fourth-order valence-corrected chi connectivity index (χ4v) is 4.11. The van der Waals surface area contributed by atoms with E-state index in [2.05, 4.69) is 0 Å². The molecular formula is C17H11Cl2NO3S2. The van der Waals surface area contributed by atoms with Gasteiger partial charge in [0.1, 0.15) is 0 Å². The van der Waals surface area contributed by atoms with Crippen molar-refractivity contribution in [1.82, 2.24) is 0 Å². The SMILES string of the molecule is COc1cc(/C=C2\SC(=S)N(c3cc(Cl)cc(Cl)c3)C2=O)ccc1O. The standard InChI is InChI=1S/C17H11Cl2NO3S2/c1-23-14-4-9(2-3-13(14)21)5-15-16(22)20(17(24)25-15)12-7-10(18)6-11(19)8-12/h2-8,21H,1H3/b15-5-. The monoisotopic (exact) mass is 411 g/mol. The number of carbonyl (C=O) groups is 1. The van der Waals surface area contributed by atoms with E-state index in [9.17, 15) is 9.90 Å². The van der Waals surface area contributed by atoms with Crippen molar-refractivity contribution in [3.63, 3.8) is 0 Å². The Balaban J connectivity index is 1.96. The molecule has 2 aromatic carbocycles. The van der Waals surface area contributed by atoms with Gasteiger partial charge in [-0.1, -0.05) is 53.2 Å². The summed E-state index contributed by atoms with van der Waals surface area (Å²) in [4.78, 5) is 14.6. The second-order valence-corrected chi connectivity index (χ2v) is 7.62. The van der Waals surface area contributed by atoms with E-state index in [4.69, 9.17) is 40.2 Å². The summed E-state index contributed by atoms with van der Waals surface area (Å²) in [7, 11) is 1.46. The molecule has 4 nitrogen and oxygen atoms in total. The van der Waals surface area contributed by atoms with Gasteiger partial charge in [0, 0.05) is 10.0 Å². The number of carbonyl (C=O) groups excluding carboxylic acids is 1. The lowest BCUT2D eigenvalue weighted by Crippen LogP contribution is -2.27. The first-order valence-electron chi connectivity index (χ1n) is 7.00. The van der Waals surface area contributed by atoms with Crippen molar-refractivity contribution in [3.8, 4) is 11.5 Å². The van der Waals surface area contributed by atoms with Crippen molar-refractivity contribution >= 4 is 69.2 Å². The second-order valence-electron chi connectivity index (χ2n) is 5.08. The third-order valence-electron chi connectivity index (χ3n) is 3.40. The molecule has 1 amide bonds. The van der Waals surface area contributed by atoms with Crippen molar-refractivity contribution in [2.24, 2.45) is 0 Å². The zero-order chi connectivity index (χ0) is 18.1. The second kappa shape index (κ2) is 7.25. The lowest BCUT2D eigenvalue weighted by molar-refractivity contribution is -0.113. The van der Waals surface area contributed by atoms with E-state index in [1.165, 1.54) is 29.8 Å². The molecule has 0 spiro atoms. The van der Waals surface area contributed by atoms with Crippen molar-refractivity contribution in [2.45, 2.75) is 0 Å². The molecule has 3 rings (SSSR count). The maximum atomic E-state index is 12.7. The normalized spacial score (nSPS) is 16.0. The lowest BCUT2D eigenvalue weighted by Gasteiger charge is -2.15. The number of benzene rings is 2. The number of phenolic OH excluding ortho intramolecular Hbond substituents is 1. The van der Waals surface area contributed by atoms with Crippen LogP contribution in [0.2, 0.25) is 10.0 Å². The predicted octanol–water partition coefficient (Wildman–Crippen LogP) is 5.11.